The maximum Gasteiger partial charge on any atom is 0.375 e. The van der Waals surface area contributed by atoms with Gasteiger partial charge in [0.2, 0.25) is 0 Å². The number of nitrogens with one attached hydrogen (secondary N) is 4. The molecule has 0 aliphatic carbocycles. The Labute approximate surface area is 575 Å². The van der Waals surface area contributed by atoms with Gasteiger partial charge < -0.3 is 45.1 Å². The van der Waals surface area contributed by atoms with Crippen LogP contribution in [0.15, 0.2) is 73.2 Å². The molecule has 2 aromatic carbocycles. The second-order valence-electron chi connectivity index (χ2n) is 25.0. The number of carbonyl (C=O) groups is 6. The van der Waals surface area contributed by atoms with Gasteiger partial charge in [-0.15, -0.1) is 0 Å². The van der Waals surface area contributed by atoms with E-state index in [0.29, 0.717) is 56.2 Å². The van der Waals surface area contributed by atoms with E-state index in [-0.39, 0.29) is 57.6 Å². The Morgan fingerprint density at radius 3 is 1.55 bits per heavy atom. The molecule has 0 radical (unpaired) electrons. The van der Waals surface area contributed by atoms with Gasteiger partial charge in [0.1, 0.15) is 0 Å². The third kappa shape index (κ3) is 18.5. The van der Waals surface area contributed by atoms with Crippen LogP contribution in [-0.4, -0.2) is 113 Å². The maximum absolute atomic E-state index is 13.8. The number of aromatic amines is 3. The quantitative estimate of drug-likeness (QED) is 0.0202. The number of nitrogens with two attached hydrogens (primary N) is 1. The average molecular weight is 1460 g/mol. The number of pyridine rings is 3. The topological polar surface area (TPSA) is 257 Å². The Morgan fingerprint density at radius 1 is 0.642 bits per heavy atom. The van der Waals surface area contributed by atoms with Gasteiger partial charge in [-0.1, -0.05) is 92.3 Å². The summed E-state index contributed by atoms with van der Waals surface area (Å²) >= 11 is 26.4. The Balaban J connectivity index is 0.000000204. The number of hydrogen-bond donors (Lipinski definition) is 5. The number of aromatic nitrogens is 6. The number of carbonyl (C=O) groups excluding carboxylic acids is 6. The highest BCUT2D eigenvalue weighted by Gasteiger charge is 2.39. The van der Waals surface area contributed by atoms with Crippen molar-refractivity contribution in [1.82, 2.24) is 40.1 Å². The van der Waals surface area contributed by atoms with Crippen molar-refractivity contribution in [2.75, 3.05) is 25.0 Å². The summed E-state index contributed by atoms with van der Waals surface area (Å²) in [7, 11) is 0. The van der Waals surface area contributed by atoms with Crippen molar-refractivity contribution in [3.05, 3.63) is 168 Å². The predicted octanol–water partition coefficient (Wildman–Crippen LogP) is 15.2. The molecule has 0 unspecified atom stereocenters. The van der Waals surface area contributed by atoms with Gasteiger partial charge in [0.15, 0.2) is 23.3 Å². The highest BCUT2D eigenvalue weighted by atomic mass is 79.9. The first kappa shape index (κ1) is 76.3. The molecular weight excluding hydrogens is 1380 g/mol. The number of amides is 1. The number of hydrogen-bond acceptors (Lipinski definition) is 14. The minimum absolute atomic E-state index is 0.0263. The van der Waals surface area contributed by atoms with E-state index in [2.05, 4.69) is 83.6 Å². The van der Waals surface area contributed by atoms with Crippen molar-refractivity contribution in [2.24, 2.45) is 5.73 Å². The molecule has 8 heterocycles. The van der Waals surface area contributed by atoms with Gasteiger partial charge in [0.25, 0.3) is 16.9 Å². The highest BCUT2D eigenvalue weighted by molar-refractivity contribution is 9.09. The first-order valence-corrected chi connectivity index (χ1v) is 32.4. The number of rotatable bonds is 11. The number of nitrogens with zero attached hydrogens (tertiary/aromatic N) is 4. The zero-order valence-electron chi connectivity index (χ0n) is 54.9. The molecule has 8 aromatic rings. The smallest absolute Gasteiger partial charge is 0.375 e. The van der Waals surface area contributed by atoms with Crippen LogP contribution >= 0.6 is 62.3 Å². The van der Waals surface area contributed by atoms with E-state index in [9.17, 15) is 46.3 Å². The molecule has 27 heteroatoms. The molecule has 1 amide bonds. The lowest BCUT2D eigenvalue weighted by Gasteiger charge is -2.29. The molecule has 10 rings (SSSR count). The van der Waals surface area contributed by atoms with Crippen LogP contribution < -0.4 is 11.1 Å². The SMILES string of the molecule is CC(C)OC(=O)C(=O)CBr.Cc1nc2c(C(C)(C)CN)c[nH]c2cc1Cl.Cc1nc2c3c([nH]c2cc1Cl)C(C(=O)OC(C)C)=CN(C(=O)c1ccc(F)c(F)c1)CC3(C)C.Cc1nc2c3c([nH]c2cc1Cl)C(C(=O)OC(C)C)=CNCC3(C)C.O=C(Cl)c1ccc(F)c(F)c1. The van der Waals surface area contributed by atoms with Crippen LogP contribution in [0.4, 0.5) is 17.6 Å². The van der Waals surface area contributed by atoms with E-state index >= 15 is 0 Å². The van der Waals surface area contributed by atoms with Crippen molar-refractivity contribution >= 4 is 141 Å². The van der Waals surface area contributed by atoms with Gasteiger partial charge in [-0.3, -0.25) is 14.4 Å². The van der Waals surface area contributed by atoms with Crippen LogP contribution in [0.5, 0.6) is 0 Å². The molecule has 6 N–H and O–H groups in total. The normalized spacial score (nSPS) is 13.8. The second-order valence-corrected chi connectivity index (χ2v) is 27.2. The van der Waals surface area contributed by atoms with E-state index < -0.39 is 63.7 Å². The summed E-state index contributed by atoms with van der Waals surface area (Å²) in [5, 5.41) is 4.22. The number of fused-ring (bicyclic) bond motifs is 7. The second kappa shape index (κ2) is 31.5. The van der Waals surface area contributed by atoms with Gasteiger partial charge in [-0.2, -0.15) is 0 Å². The summed E-state index contributed by atoms with van der Waals surface area (Å²) in [5.41, 5.74) is 16.6. The molecule has 95 heavy (non-hydrogen) atoms. The van der Waals surface area contributed by atoms with Crippen LogP contribution in [-0.2, 0) is 49.6 Å². The standard InChI is InChI=1S/C25H24ClF2N3O3.C18H22ClN3O2.C12H16ClN3.C7H3ClF2O.C6H9BrO3/c1-12(2)34-24(33)15-10-31(23(32)14-6-7-17(27)18(28)8-14)11-25(4,5)20-21(15)30-19-9-16(26)13(3)29-22(19)20;1-9(2)24-17(23)11-7-20-8-18(4,5)14-15(11)22-13-6-12(19)10(3)21-16(13)14;1-7-9(13)4-10-11(16-7)8(5-15-10)12(2,3)6-14;8-7(11)4-1-2-5(9)6(10)3-4;1-4(2)10-6(9)5(8)3-7/h6-10,12,30H,11H2,1-5H3;6-7,9,20,22H,8H2,1-5H3;4-5,15H,6,14H2,1-3H3;1-3H;4H,3H2,1-2H3. The molecular formula is C68H74BrCl4F4N9O9. The summed E-state index contributed by atoms with van der Waals surface area (Å²) in [4.78, 5) is 95.5. The number of ketones is 1. The third-order valence-corrected chi connectivity index (χ3v) is 16.6. The molecule has 18 nitrogen and oxygen atoms in total. The molecule has 0 saturated carbocycles. The number of benzene rings is 2. The zero-order chi connectivity index (χ0) is 71.1. The van der Waals surface area contributed by atoms with Crippen LogP contribution in [0, 0.1) is 44.0 Å². The van der Waals surface area contributed by atoms with Gasteiger partial charge >= 0.3 is 17.9 Å². The molecule has 0 fully saturated rings. The summed E-state index contributed by atoms with van der Waals surface area (Å²) in [5.74, 6) is -7.13. The van der Waals surface area contributed by atoms with E-state index in [4.69, 9.17) is 61.6 Å². The van der Waals surface area contributed by atoms with Crippen molar-refractivity contribution in [1.29, 1.82) is 0 Å². The number of alkyl halides is 1. The molecule has 0 atom stereocenters. The molecule has 0 spiro atoms. The Kier molecular flexibility index (Phi) is 25.3. The third-order valence-electron chi connectivity index (χ3n) is 14.7. The lowest BCUT2D eigenvalue weighted by Crippen LogP contribution is -2.37. The molecule has 2 aliphatic rings. The van der Waals surface area contributed by atoms with E-state index in [1.54, 1.807) is 46.9 Å². The van der Waals surface area contributed by atoms with Crippen LogP contribution in [0.1, 0.15) is 149 Å². The first-order chi connectivity index (χ1) is 44.2. The fourth-order valence-corrected chi connectivity index (χ4v) is 10.7. The highest BCUT2D eigenvalue weighted by Crippen LogP contribution is 2.42. The van der Waals surface area contributed by atoms with Crippen molar-refractivity contribution in [3.63, 3.8) is 0 Å². The summed E-state index contributed by atoms with van der Waals surface area (Å²) in [6.07, 6.45) is 4.28. The maximum atomic E-state index is 13.8. The van der Waals surface area contributed by atoms with E-state index in [1.807, 2.05) is 59.9 Å². The molecule has 0 saturated heterocycles. The Morgan fingerprint density at radius 2 is 1.08 bits per heavy atom. The molecule has 508 valence electrons. The fraction of sp³-hybridized carbons (Fsp3) is 0.368. The fourth-order valence-electron chi connectivity index (χ4n) is 9.92. The number of halogens is 9. The average Bonchev–Trinajstić information content (AvgIpc) is 1.60. The number of Topliss-reactive ketones (excluding diaryl/α,β-unsaturated/α-hetero) is 1. The largest absolute Gasteiger partial charge is 0.459 e. The molecule has 6 aromatic heterocycles. The Bertz CT molecular complexity index is 4330. The van der Waals surface area contributed by atoms with Crippen molar-refractivity contribution in [3.8, 4) is 0 Å². The predicted molar refractivity (Wildman–Crippen MR) is 366 cm³/mol. The molecule has 0 bridgehead atoms. The Hall–Kier alpha value is -7.67. The van der Waals surface area contributed by atoms with E-state index in [1.165, 1.54) is 17.2 Å². The van der Waals surface area contributed by atoms with Crippen molar-refractivity contribution in [2.45, 2.75) is 138 Å². The number of H-pyrrole nitrogens is 3. The van der Waals surface area contributed by atoms with Gasteiger partial charge in [0, 0.05) is 82.3 Å². The summed E-state index contributed by atoms with van der Waals surface area (Å²) in [6.45, 7) is 29.8. The van der Waals surface area contributed by atoms with Gasteiger partial charge in [-0.25, -0.2) is 46.9 Å². The first-order valence-electron chi connectivity index (χ1n) is 29.8. The summed E-state index contributed by atoms with van der Waals surface area (Å²) in [6, 6.07) is 11.2. The number of esters is 3. The lowest BCUT2D eigenvalue weighted by molar-refractivity contribution is -0.155. The van der Waals surface area contributed by atoms with Crippen LogP contribution in [0.25, 0.3) is 44.2 Å². The molecule has 2 aliphatic heterocycles. The van der Waals surface area contributed by atoms with Crippen LogP contribution in [0.2, 0.25) is 15.1 Å². The number of aryl methyl sites for hydroxylation is 3. The van der Waals surface area contributed by atoms with Crippen molar-refractivity contribution < 1.29 is 60.5 Å². The monoisotopic (exact) mass is 1460 g/mol. The minimum Gasteiger partial charge on any atom is -0.459 e. The van der Waals surface area contributed by atoms with Gasteiger partial charge in [-0.05, 0) is 129 Å². The van der Waals surface area contributed by atoms with E-state index in [0.717, 1.165) is 86.2 Å². The lowest BCUT2D eigenvalue weighted by atomic mass is 9.83. The van der Waals surface area contributed by atoms with Crippen LogP contribution in [0.3, 0.4) is 0 Å². The van der Waals surface area contributed by atoms with Gasteiger partial charge in [0.05, 0.1) is 111 Å². The minimum atomic E-state index is -1.13. The zero-order valence-corrected chi connectivity index (χ0v) is 59.5. The summed E-state index contributed by atoms with van der Waals surface area (Å²) < 4.78 is 67.3. The number of ether oxygens (including phenoxy) is 3.